The van der Waals surface area contributed by atoms with Gasteiger partial charge in [-0.05, 0) is 45.2 Å². The Hall–Kier alpha value is 0.491. The summed E-state index contributed by atoms with van der Waals surface area (Å²) < 4.78 is 12.2. The van der Waals surface area contributed by atoms with Gasteiger partial charge in [0.05, 0.1) is 0 Å². The van der Waals surface area contributed by atoms with Crippen molar-refractivity contribution in [2.24, 2.45) is 5.73 Å². The highest BCUT2D eigenvalue weighted by molar-refractivity contribution is 6.83. The van der Waals surface area contributed by atoms with Crippen molar-refractivity contribution in [3.8, 4) is 0 Å². The molecule has 7 heteroatoms. The van der Waals surface area contributed by atoms with Gasteiger partial charge in [-0.25, -0.2) is 0 Å². The maximum atomic E-state index is 6.31. The number of hydrogen-bond donors (Lipinski definition) is 2. The van der Waals surface area contributed by atoms with Crippen LogP contribution in [0.25, 0.3) is 0 Å². The van der Waals surface area contributed by atoms with Gasteiger partial charge in [0.15, 0.2) is 8.32 Å². The first-order chi connectivity index (χ1) is 7.83. The summed E-state index contributed by atoms with van der Waals surface area (Å²) in [5, 5.41) is 3.32. The minimum Gasteiger partial charge on any atom is -0.442 e. The van der Waals surface area contributed by atoms with Gasteiger partial charge in [-0.3, -0.25) is 0 Å². The van der Waals surface area contributed by atoms with E-state index in [1.54, 1.807) is 0 Å². The molecule has 17 heavy (non-hydrogen) atoms. The van der Waals surface area contributed by atoms with Crippen molar-refractivity contribution in [1.29, 1.82) is 0 Å². The lowest BCUT2D eigenvalue weighted by Gasteiger charge is -2.33. The molecule has 0 aliphatic carbocycles. The van der Waals surface area contributed by atoms with Crippen LogP contribution in [0.15, 0.2) is 0 Å². The second-order valence-electron chi connectivity index (χ2n) is 5.34. The Kier molecular flexibility index (Phi) is 8.82. The number of nitrogens with two attached hydrogens (primary N) is 1. The molecule has 0 aliphatic heterocycles. The van der Waals surface area contributed by atoms with Crippen LogP contribution in [0.4, 0.5) is 0 Å². The quantitative estimate of drug-likeness (QED) is 0.466. The maximum Gasteiger partial charge on any atom is 0.310 e. The van der Waals surface area contributed by atoms with E-state index in [0.29, 0.717) is 6.54 Å². The minimum absolute atomic E-state index is 0.357. The fourth-order valence-corrected chi connectivity index (χ4v) is 12.3. The molecule has 0 radical (unpaired) electrons. The van der Waals surface area contributed by atoms with Crippen molar-refractivity contribution in [3.63, 3.8) is 0 Å². The van der Waals surface area contributed by atoms with Crippen LogP contribution in [0.1, 0.15) is 6.42 Å². The highest BCUT2D eigenvalue weighted by Crippen LogP contribution is 2.20. The lowest BCUT2D eigenvalue weighted by Crippen LogP contribution is -2.47. The summed E-state index contributed by atoms with van der Waals surface area (Å²) in [5.74, 6) is 0. The van der Waals surface area contributed by atoms with Gasteiger partial charge in [0.2, 0.25) is 0 Å². The van der Waals surface area contributed by atoms with Crippen LogP contribution in [-0.4, -0.2) is 46.3 Å². The van der Waals surface area contributed by atoms with Gasteiger partial charge in [0.25, 0.3) is 0 Å². The zero-order valence-corrected chi connectivity index (χ0v) is 15.6. The third-order valence-electron chi connectivity index (χ3n) is 2.47. The molecule has 0 aromatic carbocycles. The summed E-state index contributed by atoms with van der Waals surface area (Å²) >= 11 is 0. The number of rotatable bonds is 10. The Labute approximate surface area is 111 Å². The molecule has 0 rings (SSSR count). The number of nitrogens with one attached hydrogen (secondary N) is 1. The Bertz CT molecular complexity index is 204. The largest absolute Gasteiger partial charge is 0.442 e. The van der Waals surface area contributed by atoms with Crippen LogP contribution in [0.3, 0.4) is 0 Å². The molecule has 0 fully saturated rings. The smallest absolute Gasteiger partial charge is 0.310 e. The monoisotopic (exact) mass is 294 g/mol. The summed E-state index contributed by atoms with van der Waals surface area (Å²) in [5.41, 5.74) is 5.43. The molecule has 0 spiro atoms. The average Bonchev–Trinajstić information content (AvgIpc) is 2.15. The first kappa shape index (κ1) is 17.5. The van der Waals surface area contributed by atoms with Crippen molar-refractivity contribution >= 4 is 26.6 Å². The highest BCUT2D eigenvalue weighted by Gasteiger charge is 2.33. The summed E-state index contributed by atoms with van der Waals surface area (Å²) in [4.78, 5) is 0. The molecule has 0 saturated heterocycles. The van der Waals surface area contributed by atoms with Gasteiger partial charge in [-0.1, -0.05) is 6.55 Å². The molecule has 0 aliphatic rings. The Balaban J connectivity index is 3.86. The van der Waals surface area contributed by atoms with E-state index in [-0.39, 0.29) is 9.76 Å². The molecule has 0 amide bonds. The predicted octanol–water partition coefficient (Wildman–Crippen LogP) is 0.997. The van der Waals surface area contributed by atoms with E-state index in [4.69, 9.17) is 14.0 Å². The molecule has 104 valence electrons. The molecule has 0 aromatic rings. The van der Waals surface area contributed by atoms with Gasteiger partial charge >= 0.3 is 8.56 Å². The topological polar surface area (TPSA) is 56.5 Å². The van der Waals surface area contributed by atoms with Crippen LogP contribution in [-0.2, 0) is 8.23 Å². The first-order valence-electron chi connectivity index (χ1n) is 6.58. The molecule has 0 aromatic heterocycles. The number of hydrogen-bond acceptors (Lipinski definition) is 4. The van der Waals surface area contributed by atoms with Crippen molar-refractivity contribution in [3.05, 3.63) is 0 Å². The van der Waals surface area contributed by atoms with E-state index in [1.165, 1.54) is 12.5 Å². The average molecular weight is 295 g/mol. The molecule has 0 saturated carbocycles. The van der Waals surface area contributed by atoms with Crippen LogP contribution < -0.4 is 11.1 Å². The lowest BCUT2D eigenvalue weighted by atomic mass is 10.5. The predicted molar refractivity (Wildman–Crippen MR) is 82.9 cm³/mol. The second kappa shape index (κ2) is 8.57. The minimum atomic E-state index is -1.83. The zero-order valence-electron chi connectivity index (χ0n) is 12.1. The molecular formula is C10H30N2O2Si3. The summed E-state index contributed by atoms with van der Waals surface area (Å²) in [7, 11) is -3.74. The third-order valence-corrected chi connectivity index (χ3v) is 12.1. The van der Waals surface area contributed by atoms with Crippen molar-refractivity contribution in [1.82, 2.24) is 5.32 Å². The van der Waals surface area contributed by atoms with Gasteiger partial charge in [-0.15, -0.1) is 0 Å². The first-order valence-corrected chi connectivity index (χ1v) is 14.5. The van der Waals surface area contributed by atoms with E-state index in [0.717, 1.165) is 13.1 Å². The van der Waals surface area contributed by atoms with Crippen LogP contribution in [0.5, 0.6) is 0 Å². The van der Waals surface area contributed by atoms with Crippen molar-refractivity contribution in [2.45, 2.75) is 45.2 Å². The zero-order chi connectivity index (χ0) is 13.4. The SMILES string of the molecule is C[SiH2]O[Si](C)(C)O[Si](C)(C)CCCNCCN. The summed E-state index contributed by atoms with van der Waals surface area (Å²) in [6.45, 7) is 13.8. The van der Waals surface area contributed by atoms with Crippen LogP contribution in [0.2, 0.25) is 38.8 Å². The molecule has 4 nitrogen and oxygen atoms in total. The van der Waals surface area contributed by atoms with Crippen molar-refractivity contribution < 1.29 is 8.23 Å². The Morgan fingerprint density at radius 1 is 1.18 bits per heavy atom. The maximum absolute atomic E-state index is 6.31. The molecule has 0 unspecified atom stereocenters. The van der Waals surface area contributed by atoms with Gasteiger partial charge < -0.3 is 19.3 Å². The summed E-state index contributed by atoms with van der Waals surface area (Å²) in [6.07, 6.45) is 1.17. The van der Waals surface area contributed by atoms with Gasteiger partial charge in [0, 0.05) is 13.1 Å². The Morgan fingerprint density at radius 2 is 1.82 bits per heavy atom. The normalized spacial score (nSPS) is 13.8. The second-order valence-corrected chi connectivity index (χ2v) is 14.7. The molecule has 0 atom stereocenters. The Morgan fingerprint density at radius 3 is 2.35 bits per heavy atom. The summed E-state index contributed by atoms with van der Waals surface area (Å²) in [6, 6.07) is 1.19. The standard InChI is InChI=1S/C10H30N2O2Si3/c1-15-13-17(4,5)14-16(2,3)10-6-8-12-9-7-11/h12H,6-11,15H2,1-5H3. The fourth-order valence-electron chi connectivity index (χ4n) is 1.96. The molecule has 3 N–H and O–H groups in total. The van der Waals surface area contributed by atoms with E-state index in [1.807, 2.05) is 0 Å². The van der Waals surface area contributed by atoms with E-state index >= 15 is 0 Å². The fraction of sp³-hybridized carbons (Fsp3) is 1.00. The lowest BCUT2D eigenvalue weighted by molar-refractivity contribution is 0.406. The van der Waals surface area contributed by atoms with E-state index < -0.39 is 16.9 Å². The van der Waals surface area contributed by atoms with Gasteiger partial charge in [-0.2, -0.15) is 0 Å². The van der Waals surface area contributed by atoms with Crippen molar-refractivity contribution in [2.75, 3.05) is 19.6 Å². The van der Waals surface area contributed by atoms with E-state index in [2.05, 4.69) is 38.1 Å². The molecule has 0 heterocycles. The molecular weight excluding hydrogens is 264 g/mol. The van der Waals surface area contributed by atoms with Gasteiger partial charge in [0.1, 0.15) is 9.76 Å². The van der Waals surface area contributed by atoms with E-state index in [9.17, 15) is 0 Å². The third kappa shape index (κ3) is 10.1. The highest BCUT2D eigenvalue weighted by atomic mass is 28.5. The van der Waals surface area contributed by atoms with Crippen LogP contribution >= 0.6 is 0 Å². The van der Waals surface area contributed by atoms with Crippen LogP contribution in [0, 0.1) is 0 Å². The molecule has 0 bridgehead atoms.